The van der Waals surface area contributed by atoms with Gasteiger partial charge in [-0.15, -0.1) is 0 Å². The molecule has 0 radical (unpaired) electrons. The molecule has 0 aliphatic heterocycles. The van der Waals surface area contributed by atoms with Crippen molar-refractivity contribution in [2.24, 2.45) is 0 Å². The zero-order chi connectivity index (χ0) is 15.5. The van der Waals surface area contributed by atoms with Crippen LogP contribution in [0.5, 0.6) is 0 Å². The van der Waals surface area contributed by atoms with E-state index in [4.69, 9.17) is 0 Å². The van der Waals surface area contributed by atoms with Gasteiger partial charge in [-0.1, -0.05) is 49.4 Å². The molecule has 0 N–H and O–H groups in total. The van der Waals surface area contributed by atoms with Crippen molar-refractivity contribution in [1.82, 2.24) is 0 Å². The van der Waals surface area contributed by atoms with Crippen LogP contribution >= 0.6 is 0 Å². The van der Waals surface area contributed by atoms with Crippen molar-refractivity contribution < 1.29 is 18.0 Å². The molecule has 0 spiro atoms. The van der Waals surface area contributed by atoms with Crippen LogP contribution in [0, 0.1) is 0 Å². The quantitative estimate of drug-likeness (QED) is 0.747. The molecular weight excluding hydrogens is 277 g/mol. The van der Waals surface area contributed by atoms with Crippen LogP contribution in [0.15, 0.2) is 48.5 Å². The summed E-state index contributed by atoms with van der Waals surface area (Å²) in [5, 5.41) is 0. The third-order valence-electron chi connectivity index (χ3n) is 3.30. The summed E-state index contributed by atoms with van der Waals surface area (Å²) in [6, 6.07) is 12.0. The van der Waals surface area contributed by atoms with Crippen molar-refractivity contribution in [3.8, 4) is 0 Å². The molecule has 0 bridgehead atoms. The highest BCUT2D eigenvalue weighted by Crippen LogP contribution is 2.29. The summed E-state index contributed by atoms with van der Waals surface area (Å²) in [6.07, 6.45) is -3.54. The minimum atomic E-state index is -4.39. The maximum atomic E-state index is 12.6. The van der Waals surface area contributed by atoms with Crippen LogP contribution in [0.3, 0.4) is 0 Å². The Morgan fingerprint density at radius 3 is 2.24 bits per heavy atom. The highest BCUT2D eigenvalue weighted by molar-refractivity contribution is 5.97. The molecule has 1 nitrogen and oxygen atoms in total. The number of hydrogen-bond acceptors (Lipinski definition) is 1. The van der Waals surface area contributed by atoms with E-state index in [2.05, 4.69) is 0 Å². The van der Waals surface area contributed by atoms with E-state index in [0.29, 0.717) is 11.1 Å². The minimum absolute atomic E-state index is 0.0323. The first-order valence-corrected chi connectivity index (χ1v) is 6.68. The molecule has 0 atom stereocenters. The van der Waals surface area contributed by atoms with Gasteiger partial charge in [0, 0.05) is 12.0 Å². The second kappa shape index (κ2) is 6.12. The fraction of sp³-hybridized carbons (Fsp3) is 0.235. The molecular formula is C17H15F3O. The normalized spacial score (nSPS) is 11.4. The number of carbonyl (C=O) groups excluding carboxylic acids is 1. The lowest BCUT2D eigenvalue weighted by molar-refractivity contribution is -0.137. The smallest absolute Gasteiger partial charge is 0.294 e. The van der Waals surface area contributed by atoms with E-state index in [1.165, 1.54) is 12.1 Å². The van der Waals surface area contributed by atoms with E-state index in [0.717, 1.165) is 24.1 Å². The molecule has 2 rings (SSSR count). The maximum Gasteiger partial charge on any atom is 0.416 e. The number of aryl methyl sites for hydroxylation is 1. The number of halogens is 3. The lowest BCUT2D eigenvalue weighted by Crippen LogP contribution is -2.08. The molecule has 0 aromatic heterocycles. The first-order chi connectivity index (χ1) is 9.90. The Balaban J connectivity index is 2.15. The van der Waals surface area contributed by atoms with Crippen LogP contribution in [0.25, 0.3) is 0 Å². The summed E-state index contributed by atoms with van der Waals surface area (Å²) in [5.41, 5.74) is 1.28. The van der Waals surface area contributed by atoms with Gasteiger partial charge in [-0.05, 0) is 23.6 Å². The number of hydrogen-bond donors (Lipinski definition) is 0. The molecule has 110 valence electrons. The van der Waals surface area contributed by atoms with E-state index in [9.17, 15) is 18.0 Å². The monoisotopic (exact) mass is 292 g/mol. The van der Waals surface area contributed by atoms with Crippen molar-refractivity contribution in [3.63, 3.8) is 0 Å². The topological polar surface area (TPSA) is 17.1 Å². The fourth-order valence-corrected chi connectivity index (χ4v) is 2.07. The van der Waals surface area contributed by atoms with Crippen molar-refractivity contribution >= 4 is 5.78 Å². The molecule has 4 heteroatoms. The number of carbonyl (C=O) groups is 1. The van der Waals surface area contributed by atoms with Gasteiger partial charge in [0.25, 0.3) is 0 Å². The number of alkyl halides is 3. The van der Waals surface area contributed by atoms with Crippen LogP contribution in [0.1, 0.15) is 34.0 Å². The van der Waals surface area contributed by atoms with Gasteiger partial charge in [0.15, 0.2) is 5.78 Å². The van der Waals surface area contributed by atoms with Gasteiger partial charge in [0.1, 0.15) is 0 Å². The van der Waals surface area contributed by atoms with Gasteiger partial charge >= 0.3 is 6.18 Å². The molecule has 0 aliphatic rings. The average molecular weight is 292 g/mol. The molecule has 2 aromatic carbocycles. The van der Waals surface area contributed by atoms with E-state index >= 15 is 0 Å². The van der Waals surface area contributed by atoms with Crippen molar-refractivity contribution in [3.05, 3.63) is 70.8 Å². The molecule has 2 aromatic rings. The average Bonchev–Trinajstić information content (AvgIpc) is 2.47. The summed E-state index contributed by atoms with van der Waals surface area (Å²) in [6.45, 7) is 2.01. The predicted octanol–water partition coefficient (Wildman–Crippen LogP) is 4.69. The SMILES string of the molecule is CCc1ccc(C(=O)Cc2cccc(C(F)(F)F)c2)cc1. The second-order valence-electron chi connectivity index (χ2n) is 4.85. The Kier molecular flexibility index (Phi) is 4.46. The summed E-state index contributed by atoms with van der Waals surface area (Å²) in [7, 11) is 0. The van der Waals surface area contributed by atoms with Gasteiger partial charge in [0.2, 0.25) is 0 Å². The molecule has 0 saturated heterocycles. The Bertz CT molecular complexity index is 627. The zero-order valence-electron chi connectivity index (χ0n) is 11.6. The van der Waals surface area contributed by atoms with Gasteiger partial charge in [-0.3, -0.25) is 4.79 Å². The number of ketones is 1. The lowest BCUT2D eigenvalue weighted by Gasteiger charge is -2.08. The Hall–Kier alpha value is -2.10. The van der Waals surface area contributed by atoms with E-state index < -0.39 is 11.7 Å². The van der Waals surface area contributed by atoms with Crippen LogP contribution in [-0.2, 0) is 19.0 Å². The third kappa shape index (κ3) is 3.94. The van der Waals surface area contributed by atoms with Crippen LogP contribution < -0.4 is 0 Å². The van der Waals surface area contributed by atoms with Crippen molar-refractivity contribution in [2.45, 2.75) is 25.9 Å². The van der Waals surface area contributed by atoms with Crippen LogP contribution in [-0.4, -0.2) is 5.78 Å². The van der Waals surface area contributed by atoms with E-state index in [-0.39, 0.29) is 12.2 Å². The standard InChI is InChI=1S/C17H15F3O/c1-2-12-6-8-14(9-7-12)16(21)11-13-4-3-5-15(10-13)17(18,19)20/h3-10H,2,11H2,1H3. The zero-order valence-corrected chi connectivity index (χ0v) is 11.6. The highest BCUT2D eigenvalue weighted by Gasteiger charge is 2.30. The summed E-state index contributed by atoms with van der Waals surface area (Å²) >= 11 is 0. The Morgan fingerprint density at radius 1 is 1.00 bits per heavy atom. The van der Waals surface area contributed by atoms with Crippen LogP contribution in [0.4, 0.5) is 13.2 Å². The largest absolute Gasteiger partial charge is 0.416 e. The van der Waals surface area contributed by atoms with E-state index in [1.807, 2.05) is 19.1 Å². The van der Waals surface area contributed by atoms with E-state index in [1.54, 1.807) is 12.1 Å². The van der Waals surface area contributed by atoms with Crippen molar-refractivity contribution in [2.75, 3.05) is 0 Å². The highest BCUT2D eigenvalue weighted by atomic mass is 19.4. The van der Waals surface area contributed by atoms with Crippen LogP contribution in [0.2, 0.25) is 0 Å². The van der Waals surface area contributed by atoms with Gasteiger partial charge in [0.05, 0.1) is 5.56 Å². The fourth-order valence-electron chi connectivity index (χ4n) is 2.07. The molecule has 21 heavy (non-hydrogen) atoms. The summed E-state index contributed by atoms with van der Waals surface area (Å²) in [5.74, 6) is -0.183. The number of Topliss-reactive ketones (excluding diaryl/α,β-unsaturated/α-hetero) is 1. The first-order valence-electron chi connectivity index (χ1n) is 6.68. The van der Waals surface area contributed by atoms with Gasteiger partial charge in [-0.2, -0.15) is 13.2 Å². The molecule has 0 unspecified atom stereocenters. The third-order valence-corrected chi connectivity index (χ3v) is 3.30. The summed E-state index contributed by atoms with van der Waals surface area (Å²) in [4.78, 5) is 12.1. The Morgan fingerprint density at radius 2 is 1.67 bits per heavy atom. The molecule has 0 aliphatic carbocycles. The Labute approximate surface area is 121 Å². The number of benzene rings is 2. The van der Waals surface area contributed by atoms with Crippen molar-refractivity contribution in [1.29, 1.82) is 0 Å². The molecule has 0 saturated carbocycles. The molecule has 0 amide bonds. The van der Waals surface area contributed by atoms with Gasteiger partial charge in [-0.25, -0.2) is 0 Å². The molecule has 0 fully saturated rings. The second-order valence-corrected chi connectivity index (χ2v) is 4.85. The first kappa shape index (κ1) is 15.3. The van der Waals surface area contributed by atoms with Gasteiger partial charge < -0.3 is 0 Å². The predicted molar refractivity (Wildman–Crippen MR) is 75.3 cm³/mol. The summed E-state index contributed by atoms with van der Waals surface area (Å²) < 4.78 is 37.9. The number of rotatable bonds is 4. The minimum Gasteiger partial charge on any atom is -0.294 e. The molecule has 0 heterocycles. The lowest BCUT2D eigenvalue weighted by atomic mass is 10.00. The maximum absolute atomic E-state index is 12.6.